The summed E-state index contributed by atoms with van der Waals surface area (Å²) in [6, 6.07) is 0. The Bertz CT molecular complexity index is 313. The number of morpholine rings is 1. The van der Waals surface area contributed by atoms with E-state index >= 15 is 0 Å². The topological polar surface area (TPSA) is 88.1 Å². The van der Waals surface area contributed by atoms with Crippen LogP contribution in [0.25, 0.3) is 0 Å². The van der Waals surface area contributed by atoms with Gasteiger partial charge < -0.3 is 24.8 Å². The molecule has 1 saturated heterocycles. The summed E-state index contributed by atoms with van der Waals surface area (Å²) in [6.45, 7) is 6.51. The summed E-state index contributed by atoms with van der Waals surface area (Å²) < 4.78 is 10.4. The predicted octanol–water partition coefficient (Wildman–Crippen LogP) is 0.890. The monoisotopic (exact) mass is 260 g/mol. The number of amides is 2. The predicted molar refractivity (Wildman–Crippen MR) is 63.6 cm³/mol. The van der Waals surface area contributed by atoms with E-state index in [0.29, 0.717) is 13.2 Å². The third-order valence-corrected chi connectivity index (χ3v) is 2.28. The van der Waals surface area contributed by atoms with Gasteiger partial charge in [-0.15, -0.1) is 0 Å². The van der Waals surface area contributed by atoms with Crippen LogP contribution in [0, 0.1) is 0 Å². The summed E-state index contributed by atoms with van der Waals surface area (Å²) in [7, 11) is 0. The molecule has 104 valence electrons. The van der Waals surface area contributed by atoms with Gasteiger partial charge in [0.1, 0.15) is 5.60 Å². The Kier molecular flexibility index (Phi) is 4.77. The van der Waals surface area contributed by atoms with Crippen molar-refractivity contribution in [2.24, 2.45) is 0 Å². The van der Waals surface area contributed by atoms with E-state index in [0.717, 1.165) is 0 Å². The maximum atomic E-state index is 11.4. The van der Waals surface area contributed by atoms with Crippen molar-refractivity contribution in [3.8, 4) is 0 Å². The molecule has 1 fully saturated rings. The first kappa shape index (κ1) is 14.6. The molecule has 2 amide bonds. The van der Waals surface area contributed by atoms with Crippen LogP contribution < -0.4 is 5.32 Å². The molecule has 1 heterocycles. The van der Waals surface area contributed by atoms with E-state index < -0.39 is 17.8 Å². The highest BCUT2D eigenvalue weighted by Crippen LogP contribution is 2.07. The molecule has 7 heteroatoms. The van der Waals surface area contributed by atoms with Crippen LogP contribution in [0.3, 0.4) is 0 Å². The minimum Gasteiger partial charge on any atom is -0.465 e. The lowest BCUT2D eigenvalue weighted by atomic mass is 10.2. The van der Waals surface area contributed by atoms with Gasteiger partial charge in [0, 0.05) is 13.1 Å². The van der Waals surface area contributed by atoms with Crippen LogP contribution in [0.4, 0.5) is 9.59 Å². The fourth-order valence-corrected chi connectivity index (χ4v) is 1.53. The van der Waals surface area contributed by atoms with Gasteiger partial charge in [-0.1, -0.05) is 0 Å². The van der Waals surface area contributed by atoms with Crippen molar-refractivity contribution in [1.29, 1.82) is 0 Å². The third-order valence-electron chi connectivity index (χ3n) is 2.28. The molecule has 0 saturated carbocycles. The van der Waals surface area contributed by atoms with Gasteiger partial charge in [0.25, 0.3) is 0 Å². The highest BCUT2D eigenvalue weighted by molar-refractivity contribution is 5.67. The molecule has 2 N–H and O–H groups in total. The smallest absolute Gasteiger partial charge is 0.407 e. The summed E-state index contributed by atoms with van der Waals surface area (Å²) in [5.41, 5.74) is -0.551. The quantitative estimate of drug-likeness (QED) is 0.769. The molecule has 1 aliphatic rings. The Hall–Kier alpha value is -1.50. The maximum Gasteiger partial charge on any atom is 0.407 e. The van der Waals surface area contributed by atoms with Crippen molar-refractivity contribution in [2.45, 2.75) is 32.5 Å². The second-order valence-electron chi connectivity index (χ2n) is 5.10. The first-order chi connectivity index (χ1) is 8.28. The molecular formula is C11H20N2O5. The fourth-order valence-electron chi connectivity index (χ4n) is 1.53. The fraction of sp³-hybridized carbons (Fsp3) is 0.818. The van der Waals surface area contributed by atoms with E-state index in [2.05, 4.69) is 5.32 Å². The van der Waals surface area contributed by atoms with Crippen molar-refractivity contribution in [2.75, 3.05) is 26.2 Å². The van der Waals surface area contributed by atoms with Crippen molar-refractivity contribution >= 4 is 12.2 Å². The van der Waals surface area contributed by atoms with Crippen molar-refractivity contribution < 1.29 is 24.2 Å². The average Bonchev–Trinajstić information content (AvgIpc) is 2.24. The average molecular weight is 260 g/mol. The molecule has 1 aliphatic heterocycles. The van der Waals surface area contributed by atoms with Gasteiger partial charge in [0.15, 0.2) is 0 Å². The van der Waals surface area contributed by atoms with E-state index in [1.165, 1.54) is 4.90 Å². The number of nitrogens with one attached hydrogen (secondary N) is 1. The third kappa shape index (κ3) is 5.22. The maximum absolute atomic E-state index is 11.4. The van der Waals surface area contributed by atoms with E-state index in [9.17, 15) is 9.59 Å². The Morgan fingerprint density at radius 1 is 1.50 bits per heavy atom. The van der Waals surface area contributed by atoms with Crippen LogP contribution in [-0.2, 0) is 9.47 Å². The molecule has 0 radical (unpaired) electrons. The zero-order chi connectivity index (χ0) is 13.8. The SMILES string of the molecule is CC(C)(C)OC(=O)NCC1CN(C(=O)O)CCO1. The van der Waals surface area contributed by atoms with Crippen LogP contribution in [0.1, 0.15) is 20.8 Å². The number of alkyl carbamates (subject to hydrolysis) is 1. The number of hydrogen-bond acceptors (Lipinski definition) is 4. The molecular weight excluding hydrogens is 240 g/mol. The summed E-state index contributed by atoms with van der Waals surface area (Å²) in [4.78, 5) is 23.5. The van der Waals surface area contributed by atoms with Crippen LogP contribution in [-0.4, -0.2) is 60.1 Å². The summed E-state index contributed by atoms with van der Waals surface area (Å²) in [5, 5.41) is 11.4. The van der Waals surface area contributed by atoms with Gasteiger partial charge in [0.05, 0.1) is 19.3 Å². The number of nitrogens with zero attached hydrogens (tertiary/aromatic N) is 1. The summed E-state index contributed by atoms with van der Waals surface area (Å²) in [6.07, 6.45) is -1.83. The number of carbonyl (C=O) groups excluding carboxylic acids is 1. The van der Waals surface area contributed by atoms with Gasteiger partial charge >= 0.3 is 12.2 Å². The van der Waals surface area contributed by atoms with E-state index in [4.69, 9.17) is 14.6 Å². The summed E-state index contributed by atoms with van der Waals surface area (Å²) in [5.74, 6) is 0. The van der Waals surface area contributed by atoms with Gasteiger partial charge in [-0.05, 0) is 20.8 Å². The van der Waals surface area contributed by atoms with Crippen LogP contribution in [0.2, 0.25) is 0 Å². The Labute approximate surface area is 106 Å². The Balaban J connectivity index is 2.31. The second-order valence-corrected chi connectivity index (χ2v) is 5.10. The van der Waals surface area contributed by atoms with Gasteiger partial charge in [0.2, 0.25) is 0 Å². The van der Waals surface area contributed by atoms with Crippen molar-refractivity contribution in [3.05, 3.63) is 0 Å². The first-order valence-corrected chi connectivity index (χ1v) is 5.84. The number of hydrogen-bond donors (Lipinski definition) is 2. The first-order valence-electron chi connectivity index (χ1n) is 5.84. The largest absolute Gasteiger partial charge is 0.465 e. The number of carbonyl (C=O) groups is 2. The lowest BCUT2D eigenvalue weighted by Gasteiger charge is -2.31. The zero-order valence-corrected chi connectivity index (χ0v) is 10.9. The molecule has 0 aromatic carbocycles. The molecule has 7 nitrogen and oxygen atoms in total. The van der Waals surface area contributed by atoms with Gasteiger partial charge in [-0.25, -0.2) is 9.59 Å². The minimum atomic E-state index is -0.972. The van der Waals surface area contributed by atoms with Crippen molar-refractivity contribution in [3.63, 3.8) is 0 Å². The Morgan fingerprint density at radius 3 is 2.72 bits per heavy atom. The van der Waals surface area contributed by atoms with Crippen LogP contribution in [0.15, 0.2) is 0 Å². The molecule has 0 aromatic heterocycles. The van der Waals surface area contributed by atoms with E-state index in [1.54, 1.807) is 20.8 Å². The highest BCUT2D eigenvalue weighted by atomic mass is 16.6. The highest BCUT2D eigenvalue weighted by Gasteiger charge is 2.24. The normalized spacial score (nSPS) is 20.4. The molecule has 0 spiro atoms. The minimum absolute atomic E-state index is 0.235. The van der Waals surface area contributed by atoms with E-state index in [1.807, 2.05) is 0 Å². The van der Waals surface area contributed by atoms with E-state index in [-0.39, 0.29) is 19.2 Å². The molecule has 0 bridgehead atoms. The molecule has 0 aromatic rings. The number of carboxylic acid groups (broad SMARTS) is 1. The second kappa shape index (κ2) is 5.90. The molecule has 1 unspecified atom stereocenters. The van der Waals surface area contributed by atoms with Gasteiger partial charge in [-0.3, -0.25) is 0 Å². The van der Waals surface area contributed by atoms with Crippen molar-refractivity contribution in [1.82, 2.24) is 10.2 Å². The number of ether oxygens (including phenoxy) is 2. The standard InChI is InChI=1S/C11H20N2O5/c1-11(2,3)18-9(14)12-6-8-7-13(10(15)16)4-5-17-8/h8H,4-7H2,1-3H3,(H,12,14)(H,15,16). The lowest BCUT2D eigenvalue weighted by molar-refractivity contribution is -0.0221. The lowest BCUT2D eigenvalue weighted by Crippen LogP contribution is -2.49. The molecule has 1 atom stereocenters. The molecule has 1 rings (SSSR count). The Morgan fingerprint density at radius 2 is 2.17 bits per heavy atom. The van der Waals surface area contributed by atoms with Gasteiger partial charge in [-0.2, -0.15) is 0 Å². The zero-order valence-electron chi connectivity index (χ0n) is 10.9. The number of rotatable bonds is 2. The van der Waals surface area contributed by atoms with Crippen LogP contribution in [0.5, 0.6) is 0 Å². The molecule has 0 aliphatic carbocycles. The van der Waals surface area contributed by atoms with Crippen LogP contribution >= 0.6 is 0 Å². The molecule has 18 heavy (non-hydrogen) atoms. The summed E-state index contributed by atoms with van der Waals surface area (Å²) >= 11 is 0.